The van der Waals surface area contributed by atoms with E-state index in [1.54, 1.807) is 18.2 Å². The van der Waals surface area contributed by atoms with Gasteiger partial charge in [-0.05, 0) is 42.3 Å². The Labute approximate surface area is 142 Å². The van der Waals surface area contributed by atoms with Gasteiger partial charge < -0.3 is 10.1 Å². The summed E-state index contributed by atoms with van der Waals surface area (Å²) in [6.07, 6.45) is 3.66. The van der Waals surface area contributed by atoms with Crippen molar-refractivity contribution in [1.29, 1.82) is 5.26 Å². The van der Waals surface area contributed by atoms with E-state index in [2.05, 4.69) is 12.2 Å². The molecule has 0 radical (unpaired) electrons. The van der Waals surface area contributed by atoms with Crippen LogP contribution in [0.25, 0.3) is 6.08 Å². The van der Waals surface area contributed by atoms with Crippen molar-refractivity contribution >= 4 is 17.7 Å². The first-order valence-corrected chi connectivity index (χ1v) is 7.94. The van der Waals surface area contributed by atoms with Crippen LogP contribution in [0.5, 0.6) is 5.75 Å². The zero-order valence-corrected chi connectivity index (χ0v) is 13.7. The first kappa shape index (κ1) is 17.3. The summed E-state index contributed by atoms with van der Waals surface area (Å²) in [5.74, 6) is 0.361. The number of rotatable bonds is 7. The second-order valence-corrected chi connectivity index (χ2v) is 5.26. The number of amides is 1. The fourth-order valence-corrected chi connectivity index (χ4v) is 2.03. The number of carbonyl (C=O) groups excluding carboxylic acids is 1. The highest BCUT2D eigenvalue weighted by atomic mass is 16.5. The SMILES string of the molecule is CCCCOc1ccc(/C=C(\C#N)C(=O)Nc2ccccc2)cc1. The van der Waals surface area contributed by atoms with Gasteiger partial charge in [0.25, 0.3) is 5.91 Å². The molecule has 0 atom stereocenters. The van der Waals surface area contributed by atoms with Gasteiger partial charge in [0, 0.05) is 5.69 Å². The van der Waals surface area contributed by atoms with E-state index in [9.17, 15) is 10.1 Å². The van der Waals surface area contributed by atoms with Crippen molar-refractivity contribution in [2.45, 2.75) is 19.8 Å². The fraction of sp³-hybridized carbons (Fsp3) is 0.200. The van der Waals surface area contributed by atoms with Gasteiger partial charge in [-0.15, -0.1) is 0 Å². The molecule has 24 heavy (non-hydrogen) atoms. The van der Waals surface area contributed by atoms with Gasteiger partial charge in [0.05, 0.1) is 6.61 Å². The number of ether oxygens (including phenoxy) is 1. The molecule has 1 amide bonds. The molecule has 0 unspecified atom stereocenters. The quantitative estimate of drug-likeness (QED) is 0.467. The number of nitrogens with one attached hydrogen (secondary N) is 1. The van der Waals surface area contributed by atoms with E-state index in [0.29, 0.717) is 12.3 Å². The summed E-state index contributed by atoms with van der Waals surface area (Å²) in [5.41, 5.74) is 1.49. The maximum atomic E-state index is 12.2. The number of para-hydroxylation sites is 1. The molecule has 4 nitrogen and oxygen atoms in total. The van der Waals surface area contributed by atoms with E-state index in [4.69, 9.17) is 4.74 Å². The van der Waals surface area contributed by atoms with Crippen LogP contribution < -0.4 is 10.1 Å². The summed E-state index contributed by atoms with van der Waals surface area (Å²) in [6, 6.07) is 18.3. The summed E-state index contributed by atoms with van der Waals surface area (Å²) in [6.45, 7) is 2.80. The van der Waals surface area contributed by atoms with Gasteiger partial charge >= 0.3 is 0 Å². The number of anilines is 1. The van der Waals surface area contributed by atoms with Crippen LogP contribution in [0.3, 0.4) is 0 Å². The Kier molecular flexibility index (Phi) is 6.60. The molecule has 0 heterocycles. The van der Waals surface area contributed by atoms with Crippen molar-refractivity contribution in [3.8, 4) is 11.8 Å². The van der Waals surface area contributed by atoms with Crippen molar-refractivity contribution in [3.63, 3.8) is 0 Å². The van der Waals surface area contributed by atoms with E-state index in [1.165, 1.54) is 0 Å². The summed E-state index contributed by atoms with van der Waals surface area (Å²) in [7, 11) is 0. The van der Waals surface area contributed by atoms with Crippen molar-refractivity contribution in [2.75, 3.05) is 11.9 Å². The molecule has 1 N–H and O–H groups in total. The first-order chi connectivity index (χ1) is 11.7. The third-order valence-electron chi connectivity index (χ3n) is 3.35. The van der Waals surface area contributed by atoms with E-state index < -0.39 is 5.91 Å². The largest absolute Gasteiger partial charge is 0.494 e. The van der Waals surface area contributed by atoms with E-state index in [-0.39, 0.29) is 5.57 Å². The summed E-state index contributed by atoms with van der Waals surface area (Å²) < 4.78 is 5.59. The molecule has 0 fully saturated rings. The Bertz CT molecular complexity index is 728. The molecule has 2 aromatic rings. The van der Waals surface area contributed by atoms with E-state index in [0.717, 1.165) is 24.2 Å². The fourth-order valence-electron chi connectivity index (χ4n) is 2.03. The number of hydrogen-bond donors (Lipinski definition) is 1. The number of nitriles is 1. The molecule has 0 aliphatic heterocycles. The van der Waals surface area contributed by atoms with Crippen molar-refractivity contribution in [1.82, 2.24) is 0 Å². The standard InChI is InChI=1S/C20H20N2O2/c1-2-3-13-24-19-11-9-16(10-12-19)14-17(15-21)20(23)22-18-7-5-4-6-8-18/h4-12,14H,2-3,13H2,1H3,(H,22,23)/b17-14+. The predicted molar refractivity (Wildman–Crippen MR) is 95.5 cm³/mol. The maximum Gasteiger partial charge on any atom is 0.266 e. The highest BCUT2D eigenvalue weighted by Gasteiger charge is 2.09. The molecule has 122 valence electrons. The number of unbranched alkanes of at least 4 members (excludes halogenated alkanes) is 1. The van der Waals surface area contributed by atoms with Gasteiger partial charge in [-0.25, -0.2) is 0 Å². The summed E-state index contributed by atoms with van der Waals surface area (Å²) >= 11 is 0. The number of benzene rings is 2. The van der Waals surface area contributed by atoms with Crippen LogP contribution >= 0.6 is 0 Å². The topological polar surface area (TPSA) is 62.1 Å². The van der Waals surface area contributed by atoms with Gasteiger partial charge in [0.15, 0.2) is 0 Å². The molecule has 2 aromatic carbocycles. The lowest BCUT2D eigenvalue weighted by molar-refractivity contribution is -0.112. The molecule has 0 saturated carbocycles. The molecule has 0 aromatic heterocycles. The van der Waals surface area contributed by atoms with Gasteiger partial charge in [0.2, 0.25) is 0 Å². The Balaban J connectivity index is 2.04. The third-order valence-corrected chi connectivity index (χ3v) is 3.35. The van der Waals surface area contributed by atoms with Crippen LogP contribution in [0.2, 0.25) is 0 Å². The van der Waals surface area contributed by atoms with E-state index in [1.807, 2.05) is 48.5 Å². The lowest BCUT2D eigenvalue weighted by Crippen LogP contribution is -2.13. The predicted octanol–water partition coefficient (Wildman–Crippen LogP) is 4.41. The zero-order chi connectivity index (χ0) is 17.2. The number of carbonyl (C=O) groups is 1. The lowest BCUT2D eigenvalue weighted by atomic mass is 10.1. The van der Waals surface area contributed by atoms with Crippen molar-refractivity contribution in [3.05, 3.63) is 65.7 Å². The van der Waals surface area contributed by atoms with Crippen molar-refractivity contribution < 1.29 is 9.53 Å². The van der Waals surface area contributed by atoms with Crippen LogP contribution in [0, 0.1) is 11.3 Å². The zero-order valence-electron chi connectivity index (χ0n) is 13.7. The molecule has 0 bridgehead atoms. The summed E-state index contributed by atoms with van der Waals surface area (Å²) in [5, 5.41) is 11.9. The van der Waals surface area contributed by atoms with Crippen LogP contribution in [0.15, 0.2) is 60.2 Å². The monoisotopic (exact) mass is 320 g/mol. The molecule has 0 spiro atoms. The van der Waals surface area contributed by atoms with Crippen LogP contribution in [-0.2, 0) is 4.79 Å². The molecule has 0 aliphatic rings. The Morgan fingerprint density at radius 3 is 2.50 bits per heavy atom. The molecule has 4 heteroatoms. The maximum absolute atomic E-state index is 12.2. The molecular weight excluding hydrogens is 300 g/mol. The minimum atomic E-state index is -0.424. The third kappa shape index (κ3) is 5.29. The smallest absolute Gasteiger partial charge is 0.266 e. The minimum absolute atomic E-state index is 0.0542. The van der Waals surface area contributed by atoms with Gasteiger partial charge in [-0.3, -0.25) is 4.79 Å². The van der Waals surface area contributed by atoms with Gasteiger partial charge in [-0.1, -0.05) is 43.7 Å². The van der Waals surface area contributed by atoms with E-state index >= 15 is 0 Å². The van der Waals surface area contributed by atoms with Crippen molar-refractivity contribution in [2.24, 2.45) is 0 Å². The number of hydrogen-bond acceptors (Lipinski definition) is 3. The first-order valence-electron chi connectivity index (χ1n) is 7.94. The average Bonchev–Trinajstić information content (AvgIpc) is 2.62. The summed E-state index contributed by atoms with van der Waals surface area (Å²) in [4.78, 5) is 12.2. The highest BCUT2D eigenvalue weighted by molar-refractivity contribution is 6.09. The molecular formula is C20H20N2O2. The Morgan fingerprint density at radius 1 is 1.17 bits per heavy atom. The Morgan fingerprint density at radius 2 is 1.88 bits per heavy atom. The molecule has 2 rings (SSSR count). The van der Waals surface area contributed by atoms with Crippen LogP contribution in [0.4, 0.5) is 5.69 Å². The number of nitrogens with zero attached hydrogens (tertiary/aromatic N) is 1. The lowest BCUT2D eigenvalue weighted by Gasteiger charge is -2.06. The van der Waals surface area contributed by atoms with Crippen LogP contribution in [-0.4, -0.2) is 12.5 Å². The van der Waals surface area contributed by atoms with Crippen LogP contribution in [0.1, 0.15) is 25.3 Å². The van der Waals surface area contributed by atoms with Gasteiger partial charge in [-0.2, -0.15) is 5.26 Å². The Hall–Kier alpha value is -3.06. The molecule has 0 aliphatic carbocycles. The van der Waals surface area contributed by atoms with Gasteiger partial charge in [0.1, 0.15) is 17.4 Å². The minimum Gasteiger partial charge on any atom is -0.494 e. The highest BCUT2D eigenvalue weighted by Crippen LogP contribution is 2.16. The molecule has 0 saturated heterocycles. The normalized spacial score (nSPS) is 10.8. The second kappa shape index (κ2) is 9.16. The average molecular weight is 320 g/mol. The second-order valence-electron chi connectivity index (χ2n) is 5.26.